The number of carbonyl (C=O) groups is 14. The Bertz CT molecular complexity index is 2600. The predicted octanol–water partition coefficient (Wildman–Crippen LogP) is -6.93. The monoisotopic (exact) mass is 1250 g/mol. The van der Waals surface area contributed by atoms with Gasteiger partial charge in [0.05, 0.1) is 44.7 Å². The minimum absolute atomic E-state index is 0.0765. The standard InChI is InChI=1S/C55H88N14O19/c1-7-28(4)43(67-53(85)44(30(6)72)68-46(78)32(57)22-40(58)73)54(86)69-19-13-17-39(69)52(84)59-24-41(74)61-35(21-31-14-9-8-10-15-31)48(80)60-29(5)45(77)65-37(25-70)50(82)62-33(16-11-12-18-56)47(79)66-38(26-71)51(83)63-34(20-27(2)3)49(81)64-36(55(87)88)23-42(75)76/h8-10,14-15,27-30,32-39,43-44,70-72H,7,11-13,16-26,56-57H2,1-6H3,(H2,58,73)(H,59,84)(H,60,80)(H,61,74)(H,62,82)(H,63,83)(H,64,81)(H,65,77)(H,66,79)(H,67,85)(H,68,78)(H,75,76)(H,87,88)/t28-,29-,30+,32-,33-,34-,35-,36-,37-,38-,39-,43-,44-/m0/s1. The normalized spacial score (nSPS) is 17.0. The number of aliphatic carboxylic acids is 2. The largest absolute Gasteiger partial charge is 0.481 e. The van der Waals surface area contributed by atoms with Gasteiger partial charge in [0.25, 0.3) is 0 Å². The fourth-order valence-corrected chi connectivity index (χ4v) is 8.97. The molecule has 1 aromatic carbocycles. The van der Waals surface area contributed by atoms with Crippen molar-refractivity contribution in [3.05, 3.63) is 35.9 Å². The van der Waals surface area contributed by atoms with Crippen LogP contribution in [0.3, 0.4) is 0 Å². The highest BCUT2D eigenvalue weighted by atomic mass is 16.4. The Labute approximate surface area is 508 Å². The first-order chi connectivity index (χ1) is 41.4. The van der Waals surface area contributed by atoms with Crippen molar-refractivity contribution in [1.29, 1.82) is 0 Å². The average Bonchev–Trinajstić information content (AvgIpc) is 3.51. The Balaban J connectivity index is 2.21. The Hall–Kier alpha value is -8.40. The van der Waals surface area contributed by atoms with E-state index in [1.54, 1.807) is 58.0 Å². The predicted molar refractivity (Wildman–Crippen MR) is 310 cm³/mol. The summed E-state index contributed by atoms with van der Waals surface area (Å²) in [6.45, 7) is 6.60. The number of amides is 12. The Morgan fingerprint density at radius 3 is 1.69 bits per heavy atom. The zero-order chi connectivity index (χ0) is 66.5. The summed E-state index contributed by atoms with van der Waals surface area (Å²) in [5.41, 5.74) is 17.0. The van der Waals surface area contributed by atoms with E-state index in [1.807, 2.05) is 0 Å². The molecule has 492 valence electrons. The number of hydrogen-bond acceptors (Lipinski definition) is 19. The summed E-state index contributed by atoms with van der Waals surface area (Å²) >= 11 is 0. The number of unbranched alkanes of at least 4 members (excludes halogenated alkanes) is 1. The SMILES string of the molecule is CC[C@H](C)[C@H](NC(=O)[C@@H](NC(=O)[C@@H](N)CC(N)=O)[C@@H](C)O)C(=O)N1CCC[C@H]1C(=O)NCC(=O)N[C@@H](Cc1ccccc1)C(=O)N[C@@H](C)C(=O)N[C@@H](CO)C(=O)N[C@@H](CCCCN)C(=O)N[C@@H](CO)C(=O)N[C@@H](CC(C)C)C(=O)N[C@@H](CC(=O)O)C(=O)O. The maximum absolute atomic E-state index is 14.2. The Morgan fingerprint density at radius 1 is 0.625 bits per heavy atom. The third kappa shape index (κ3) is 25.5. The van der Waals surface area contributed by atoms with Gasteiger partial charge >= 0.3 is 11.9 Å². The molecule has 2 rings (SSSR count). The molecule has 88 heavy (non-hydrogen) atoms. The van der Waals surface area contributed by atoms with Gasteiger partial charge in [0.2, 0.25) is 70.9 Å². The smallest absolute Gasteiger partial charge is 0.326 e. The molecule has 1 heterocycles. The molecule has 1 aliphatic heterocycles. The van der Waals surface area contributed by atoms with Crippen molar-refractivity contribution in [3.8, 4) is 0 Å². The van der Waals surface area contributed by atoms with E-state index in [-0.39, 0.29) is 51.1 Å². The number of nitrogens with one attached hydrogen (secondary N) is 10. The molecule has 33 nitrogen and oxygen atoms in total. The minimum Gasteiger partial charge on any atom is -0.481 e. The van der Waals surface area contributed by atoms with Gasteiger partial charge in [-0.2, -0.15) is 0 Å². The Morgan fingerprint density at radius 2 is 1.16 bits per heavy atom. The fraction of sp³-hybridized carbons (Fsp3) is 0.636. The highest BCUT2D eigenvalue weighted by molar-refractivity contribution is 5.99. The number of carboxylic acid groups (broad SMARTS) is 2. The van der Waals surface area contributed by atoms with Gasteiger partial charge in [-0.1, -0.05) is 64.4 Å². The van der Waals surface area contributed by atoms with Crippen LogP contribution >= 0.6 is 0 Å². The number of likely N-dealkylation sites (tertiary alicyclic amines) is 1. The molecule has 0 unspecified atom stereocenters. The first-order valence-corrected chi connectivity index (χ1v) is 28.8. The van der Waals surface area contributed by atoms with Gasteiger partial charge in [0.15, 0.2) is 0 Å². The second kappa shape index (κ2) is 38.0. The quantitative estimate of drug-likeness (QED) is 0.0272. The van der Waals surface area contributed by atoms with E-state index >= 15 is 0 Å². The van der Waals surface area contributed by atoms with Crippen molar-refractivity contribution < 1.29 is 92.7 Å². The first kappa shape index (κ1) is 75.7. The number of aliphatic hydroxyl groups is 3. The van der Waals surface area contributed by atoms with Gasteiger partial charge in [0.1, 0.15) is 60.4 Å². The molecular formula is C55H88N14O19. The number of hydrogen-bond donors (Lipinski definition) is 18. The lowest BCUT2D eigenvalue weighted by molar-refractivity contribution is -0.147. The number of nitrogens with zero attached hydrogens (tertiary/aromatic N) is 1. The molecule has 33 heteroatoms. The molecule has 1 aliphatic rings. The van der Waals surface area contributed by atoms with E-state index in [1.165, 1.54) is 18.7 Å². The fourth-order valence-electron chi connectivity index (χ4n) is 8.97. The van der Waals surface area contributed by atoms with Crippen LogP contribution in [0.5, 0.6) is 0 Å². The van der Waals surface area contributed by atoms with Gasteiger partial charge in [-0.15, -0.1) is 0 Å². The molecule has 0 spiro atoms. The van der Waals surface area contributed by atoms with Crippen LogP contribution in [0.1, 0.15) is 105 Å². The molecule has 12 amide bonds. The van der Waals surface area contributed by atoms with Crippen LogP contribution in [0, 0.1) is 11.8 Å². The van der Waals surface area contributed by atoms with Crippen molar-refractivity contribution >= 4 is 82.8 Å². The molecule has 1 fully saturated rings. The summed E-state index contributed by atoms with van der Waals surface area (Å²) in [6, 6.07) is -8.33. The maximum Gasteiger partial charge on any atom is 0.326 e. The van der Waals surface area contributed by atoms with Crippen LogP contribution < -0.4 is 70.4 Å². The second-order valence-electron chi connectivity index (χ2n) is 21.8. The number of primary amides is 1. The van der Waals surface area contributed by atoms with Gasteiger partial charge < -0.3 is 101 Å². The van der Waals surface area contributed by atoms with Crippen LogP contribution in [0.2, 0.25) is 0 Å². The van der Waals surface area contributed by atoms with Crippen LogP contribution in [-0.4, -0.2) is 219 Å². The van der Waals surface area contributed by atoms with E-state index in [0.717, 1.165) is 0 Å². The molecule has 0 saturated carbocycles. The van der Waals surface area contributed by atoms with Gasteiger partial charge in [-0.3, -0.25) is 62.3 Å². The molecular weight excluding hydrogens is 1160 g/mol. The van der Waals surface area contributed by atoms with E-state index in [2.05, 4.69) is 53.2 Å². The zero-order valence-corrected chi connectivity index (χ0v) is 50.2. The summed E-state index contributed by atoms with van der Waals surface area (Å²) < 4.78 is 0. The maximum atomic E-state index is 14.2. The van der Waals surface area contributed by atoms with Crippen LogP contribution in [-0.2, 0) is 73.5 Å². The molecule has 0 aromatic heterocycles. The van der Waals surface area contributed by atoms with Crippen molar-refractivity contribution in [1.82, 2.24) is 58.1 Å². The average molecular weight is 1250 g/mol. The van der Waals surface area contributed by atoms with Crippen molar-refractivity contribution in [2.75, 3.05) is 32.8 Å². The zero-order valence-electron chi connectivity index (χ0n) is 50.2. The van der Waals surface area contributed by atoms with Crippen molar-refractivity contribution in [2.24, 2.45) is 29.0 Å². The minimum atomic E-state index is -1.86. The van der Waals surface area contributed by atoms with E-state index < -0.39 is 194 Å². The lowest BCUT2D eigenvalue weighted by atomic mass is 9.96. The lowest BCUT2D eigenvalue weighted by Crippen LogP contribution is -2.61. The van der Waals surface area contributed by atoms with Gasteiger partial charge in [0, 0.05) is 13.0 Å². The van der Waals surface area contributed by atoms with Crippen LogP contribution in [0.15, 0.2) is 30.3 Å². The molecule has 0 radical (unpaired) electrons. The van der Waals surface area contributed by atoms with Crippen molar-refractivity contribution in [2.45, 2.75) is 178 Å². The Kier molecular flexibility index (Phi) is 32.7. The molecule has 21 N–H and O–H groups in total. The highest BCUT2D eigenvalue weighted by Crippen LogP contribution is 2.22. The summed E-state index contributed by atoms with van der Waals surface area (Å²) in [5.74, 6) is -15.4. The topological polar surface area (TPSA) is 542 Å². The summed E-state index contributed by atoms with van der Waals surface area (Å²) in [7, 11) is 0. The number of carboxylic acids is 2. The van der Waals surface area contributed by atoms with Gasteiger partial charge in [-0.25, -0.2) is 4.79 Å². The van der Waals surface area contributed by atoms with Crippen molar-refractivity contribution in [3.63, 3.8) is 0 Å². The first-order valence-electron chi connectivity index (χ1n) is 28.8. The number of nitrogens with two attached hydrogens (primary N) is 3. The number of carbonyl (C=O) groups excluding carboxylic acids is 12. The summed E-state index contributed by atoms with van der Waals surface area (Å²) in [6.07, 6.45) is -1.96. The highest BCUT2D eigenvalue weighted by Gasteiger charge is 2.41. The third-order valence-electron chi connectivity index (χ3n) is 14.1. The molecule has 0 aliphatic carbocycles. The van der Waals surface area contributed by atoms with Gasteiger partial charge in [-0.05, 0) is 76.3 Å². The number of rotatable bonds is 39. The van der Waals surface area contributed by atoms with E-state index in [4.69, 9.17) is 22.3 Å². The number of aliphatic hydroxyl groups excluding tert-OH is 3. The molecule has 1 aromatic rings. The van der Waals surface area contributed by atoms with E-state index in [9.17, 15) is 87.5 Å². The lowest BCUT2D eigenvalue weighted by Gasteiger charge is -2.32. The second-order valence-corrected chi connectivity index (χ2v) is 21.8. The molecule has 0 bridgehead atoms. The summed E-state index contributed by atoms with van der Waals surface area (Å²) in [5, 5.41) is 73.0. The number of benzene rings is 1. The molecule has 1 saturated heterocycles. The van der Waals surface area contributed by atoms with Crippen LogP contribution in [0.4, 0.5) is 0 Å². The third-order valence-corrected chi connectivity index (χ3v) is 14.1. The van der Waals surface area contributed by atoms with E-state index in [0.29, 0.717) is 24.8 Å². The molecule has 13 atom stereocenters. The summed E-state index contributed by atoms with van der Waals surface area (Å²) in [4.78, 5) is 184. The van der Waals surface area contributed by atoms with Crippen LogP contribution in [0.25, 0.3) is 0 Å².